The number of rotatable bonds is 4. The fourth-order valence-electron chi connectivity index (χ4n) is 1.72. The molecule has 0 radical (unpaired) electrons. The molecule has 0 atom stereocenters. The lowest BCUT2D eigenvalue weighted by molar-refractivity contribution is 0.0286. The Hall–Kier alpha value is -1.05. The Morgan fingerprint density at radius 1 is 1.48 bits per heavy atom. The summed E-state index contributed by atoms with van der Waals surface area (Å²) in [6.45, 7) is 6.11. The molecular weight excluding hydrogens is 396 g/mol. The first kappa shape index (κ1) is 18.3. The lowest BCUT2D eigenvalue weighted by Crippen LogP contribution is -2.33. The summed E-state index contributed by atoms with van der Waals surface area (Å²) >= 11 is 6.86. The normalized spacial score (nSPS) is 11.3. The SMILES string of the molecule is CN(Cc1cc(Sc2cccnc2)c(Br)s1)C(=O)OC(C)(C)C. The van der Waals surface area contributed by atoms with Gasteiger partial charge in [-0.05, 0) is 54.9 Å². The zero-order valence-corrected chi connectivity index (χ0v) is 16.7. The first-order chi connectivity index (χ1) is 10.7. The molecule has 2 aromatic rings. The summed E-state index contributed by atoms with van der Waals surface area (Å²) in [4.78, 5) is 21.0. The zero-order chi connectivity index (χ0) is 17.0. The monoisotopic (exact) mass is 414 g/mol. The van der Waals surface area contributed by atoms with E-state index < -0.39 is 5.60 Å². The fraction of sp³-hybridized carbons (Fsp3) is 0.375. The molecule has 0 unspecified atom stereocenters. The highest BCUT2D eigenvalue weighted by Crippen LogP contribution is 2.39. The summed E-state index contributed by atoms with van der Waals surface area (Å²) in [7, 11) is 1.75. The van der Waals surface area contributed by atoms with Crippen LogP contribution >= 0.6 is 39.0 Å². The van der Waals surface area contributed by atoms with E-state index in [0.29, 0.717) is 6.54 Å². The summed E-state index contributed by atoms with van der Waals surface area (Å²) < 4.78 is 6.43. The topological polar surface area (TPSA) is 42.4 Å². The summed E-state index contributed by atoms with van der Waals surface area (Å²) in [5.74, 6) is 0. The van der Waals surface area contributed by atoms with Crippen molar-refractivity contribution in [3.63, 3.8) is 0 Å². The average Bonchev–Trinajstić information content (AvgIpc) is 2.78. The Morgan fingerprint density at radius 3 is 2.83 bits per heavy atom. The van der Waals surface area contributed by atoms with Crippen LogP contribution in [0.3, 0.4) is 0 Å². The average molecular weight is 415 g/mol. The number of amides is 1. The highest BCUT2D eigenvalue weighted by Gasteiger charge is 2.20. The lowest BCUT2D eigenvalue weighted by atomic mass is 10.2. The van der Waals surface area contributed by atoms with Gasteiger partial charge in [0.25, 0.3) is 0 Å². The molecule has 0 bridgehead atoms. The molecule has 23 heavy (non-hydrogen) atoms. The standard InChI is InChI=1S/C16H19BrN2O2S2/c1-16(2,3)21-15(20)19(4)10-12-8-13(14(17)23-12)22-11-6-5-7-18-9-11/h5-9H,10H2,1-4H3. The third-order valence-electron chi connectivity index (χ3n) is 2.67. The van der Waals surface area contributed by atoms with Crippen LogP contribution in [0.15, 0.2) is 44.2 Å². The maximum Gasteiger partial charge on any atom is 0.410 e. The van der Waals surface area contributed by atoms with Gasteiger partial charge in [-0.1, -0.05) is 11.8 Å². The van der Waals surface area contributed by atoms with Gasteiger partial charge in [-0.15, -0.1) is 11.3 Å². The van der Waals surface area contributed by atoms with Crippen molar-refractivity contribution in [2.75, 3.05) is 7.05 Å². The van der Waals surface area contributed by atoms with Gasteiger partial charge < -0.3 is 9.64 Å². The molecule has 0 N–H and O–H groups in total. The van der Waals surface area contributed by atoms with E-state index in [9.17, 15) is 4.79 Å². The number of pyridine rings is 1. The molecule has 0 aliphatic heterocycles. The van der Waals surface area contributed by atoms with E-state index in [4.69, 9.17) is 4.74 Å². The van der Waals surface area contributed by atoms with Crippen LogP contribution in [-0.4, -0.2) is 28.6 Å². The predicted octanol–water partition coefficient (Wildman–Crippen LogP) is 5.42. The molecular formula is C16H19BrN2O2S2. The Bertz CT molecular complexity index is 668. The smallest absolute Gasteiger partial charge is 0.410 e. The summed E-state index contributed by atoms with van der Waals surface area (Å²) in [5.41, 5.74) is -0.483. The van der Waals surface area contributed by atoms with E-state index in [1.807, 2.05) is 39.1 Å². The van der Waals surface area contributed by atoms with Gasteiger partial charge in [0.05, 0.1) is 10.3 Å². The van der Waals surface area contributed by atoms with Crippen molar-refractivity contribution < 1.29 is 9.53 Å². The highest BCUT2D eigenvalue weighted by molar-refractivity contribution is 9.11. The molecule has 0 aliphatic carbocycles. The minimum Gasteiger partial charge on any atom is -0.444 e. The maximum absolute atomic E-state index is 12.0. The largest absolute Gasteiger partial charge is 0.444 e. The molecule has 2 rings (SSSR count). The summed E-state index contributed by atoms with van der Waals surface area (Å²) in [5, 5.41) is 0. The van der Waals surface area contributed by atoms with Crippen LogP contribution in [0.2, 0.25) is 0 Å². The second-order valence-corrected chi connectivity index (χ2v) is 9.55. The molecule has 2 aromatic heterocycles. The van der Waals surface area contributed by atoms with Gasteiger partial charge in [0.15, 0.2) is 0 Å². The second-order valence-electron chi connectivity index (χ2n) is 5.98. The number of hydrogen-bond donors (Lipinski definition) is 0. The van der Waals surface area contributed by atoms with Gasteiger partial charge in [0.2, 0.25) is 0 Å². The fourth-order valence-corrected chi connectivity index (χ4v) is 4.64. The molecule has 4 nitrogen and oxygen atoms in total. The molecule has 7 heteroatoms. The van der Waals surface area contributed by atoms with Gasteiger partial charge in [0.1, 0.15) is 5.60 Å². The molecule has 0 spiro atoms. The Morgan fingerprint density at radius 2 is 2.22 bits per heavy atom. The molecule has 0 aliphatic rings. The Kier molecular flexibility index (Phi) is 6.11. The minimum atomic E-state index is -0.483. The number of aromatic nitrogens is 1. The molecule has 124 valence electrons. The number of carbonyl (C=O) groups is 1. The van der Waals surface area contributed by atoms with E-state index in [-0.39, 0.29) is 6.09 Å². The molecule has 1 amide bonds. The van der Waals surface area contributed by atoms with E-state index in [1.165, 1.54) is 0 Å². The van der Waals surface area contributed by atoms with Crippen molar-refractivity contribution in [3.05, 3.63) is 39.3 Å². The number of halogens is 1. The number of nitrogens with zero attached hydrogens (tertiary/aromatic N) is 2. The first-order valence-electron chi connectivity index (χ1n) is 7.05. The molecule has 0 saturated heterocycles. The van der Waals surface area contributed by atoms with Gasteiger partial charge in [-0.3, -0.25) is 4.98 Å². The highest BCUT2D eigenvalue weighted by atomic mass is 79.9. The van der Waals surface area contributed by atoms with Crippen LogP contribution in [0.5, 0.6) is 0 Å². The molecule has 0 aromatic carbocycles. The number of carbonyl (C=O) groups excluding carboxylic acids is 1. The van der Waals surface area contributed by atoms with E-state index in [2.05, 4.69) is 27.0 Å². The lowest BCUT2D eigenvalue weighted by Gasteiger charge is -2.24. The van der Waals surface area contributed by atoms with Crippen LogP contribution in [0.25, 0.3) is 0 Å². The van der Waals surface area contributed by atoms with Crippen molar-refractivity contribution in [3.8, 4) is 0 Å². The van der Waals surface area contributed by atoms with Gasteiger partial charge in [0, 0.05) is 34.1 Å². The third kappa shape index (κ3) is 5.82. The van der Waals surface area contributed by atoms with Crippen LogP contribution in [0.1, 0.15) is 25.6 Å². The van der Waals surface area contributed by atoms with E-state index in [1.54, 1.807) is 41.2 Å². The minimum absolute atomic E-state index is 0.316. The van der Waals surface area contributed by atoms with E-state index in [0.717, 1.165) is 18.5 Å². The third-order valence-corrected chi connectivity index (χ3v) is 5.90. The molecule has 0 saturated carbocycles. The number of ether oxygens (including phenoxy) is 1. The molecule has 2 heterocycles. The second kappa shape index (κ2) is 7.68. The predicted molar refractivity (Wildman–Crippen MR) is 98.1 cm³/mol. The molecule has 0 fully saturated rings. The van der Waals surface area contributed by atoms with Gasteiger partial charge >= 0.3 is 6.09 Å². The Balaban J connectivity index is 2.02. The van der Waals surface area contributed by atoms with Gasteiger partial charge in [-0.2, -0.15) is 0 Å². The van der Waals surface area contributed by atoms with Crippen molar-refractivity contribution >= 4 is 45.1 Å². The van der Waals surface area contributed by atoms with Crippen LogP contribution in [-0.2, 0) is 11.3 Å². The quantitative estimate of drug-likeness (QED) is 0.669. The van der Waals surface area contributed by atoms with Crippen molar-refractivity contribution in [1.29, 1.82) is 0 Å². The van der Waals surface area contributed by atoms with Crippen molar-refractivity contribution in [1.82, 2.24) is 9.88 Å². The Labute approximate surface area is 153 Å². The summed E-state index contributed by atoms with van der Waals surface area (Å²) in [6, 6.07) is 6.03. The van der Waals surface area contributed by atoms with Crippen molar-refractivity contribution in [2.24, 2.45) is 0 Å². The van der Waals surface area contributed by atoms with Crippen molar-refractivity contribution in [2.45, 2.75) is 42.7 Å². The zero-order valence-electron chi connectivity index (χ0n) is 13.5. The van der Waals surface area contributed by atoms with Gasteiger partial charge in [-0.25, -0.2) is 4.79 Å². The summed E-state index contributed by atoms with van der Waals surface area (Å²) in [6.07, 6.45) is 3.28. The number of hydrogen-bond acceptors (Lipinski definition) is 5. The van der Waals surface area contributed by atoms with Crippen LogP contribution < -0.4 is 0 Å². The van der Waals surface area contributed by atoms with Crippen LogP contribution in [0, 0.1) is 0 Å². The van der Waals surface area contributed by atoms with E-state index >= 15 is 0 Å². The maximum atomic E-state index is 12.0. The first-order valence-corrected chi connectivity index (χ1v) is 9.47. The number of thiophene rings is 1. The van der Waals surface area contributed by atoms with Crippen LogP contribution in [0.4, 0.5) is 4.79 Å².